The average Bonchev–Trinajstić information content (AvgIpc) is 2.81. The van der Waals surface area contributed by atoms with Crippen LogP contribution in [0.3, 0.4) is 0 Å². The fourth-order valence-electron chi connectivity index (χ4n) is 2.29. The van der Waals surface area contributed by atoms with Crippen molar-refractivity contribution in [1.29, 1.82) is 0 Å². The van der Waals surface area contributed by atoms with Gasteiger partial charge in [0.25, 0.3) is 5.56 Å². The highest BCUT2D eigenvalue weighted by Gasteiger charge is 2.15. The third-order valence-electron chi connectivity index (χ3n) is 3.82. The zero-order valence-electron chi connectivity index (χ0n) is 13.3. The van der Waals surface area contributed by atoms with Crippen LogP contribution < -0.4 is 10.9 Å². The number of aromatic nitrogens is 3. The Labute approximate surface area is 128 Å². The Bertz CT molecular complexity index is 745. The van der Waals surface area contributed by atoms with Crippen LogP contribution in [0.5, 0.6) is 0 Å². The lowest BCUT2D eigenvalue weighted by atomic mass is 10.1. The number of rotatable bonds is 5. The SMILES string of the molecule is Cc1nc2cc(=O)[nH]n2c(C)c1CC(=O)NCC(O)C(C)C. The third kappa shape index (κ3) is 3.36. The second kappa shape index (κ2) is 6.31. The van der Waals surface area contributed by atoms with Gasteiger partial charge in [0, 0.05) is 29.6 Å². The van der Waals surface area contributed by atoms with E-state index in [4.69, 9.17) is 0 Å². The number of H-pyrrole nitrogens is 1. The lowest BCUT2D eigenvalue weighted by Gasteiger charge is -2.16. The van der Waals surface area contributed by atoms with E-state index < -0.39 is 6.10 Å². The van der Waals surface area contributed by atoms with E-state index >= 15 is 0 Å². The van der Waals surface area contributed by atoms with Crippen molar-refractivity contribution in [2.24, 2.45) is 5.92 Å². The molecule has 120 valence electrons. The molecular weight excluding hydrogens is 284 g/mol. The third-order valence-corrected chi connectivity index (χ3v) is 3.82. The summed E-state index contributed by atoms with van der Waals surface area (Å²) < 4.78 is 1.58. The zero-order valence-corrected chi connectivity index (χ0v) is 13.3. The van der Waals surface area contributed by atoms with Gasteiger partial charge in [0.1, 0.15) is 0 Å². The van der Waals surface area contributed by atoms with Crippen molar-refractivity contribution in [3.63, 3.8) is 0 Å². The van der Waals surface area contributed by atoms with Crippen LogP contribution >= 0.6 is 0 Å². The second-order valence-electron chi connectivity index (χ2n) is 5.87. The molecule has 2 aromatic heterocycles. The fraction of sp³-hybridized carbons (Fsp3) is 0.533. The molecule has 2 rings (SSSR count). The second-order valence-corrected chi connectivity index (χ2v) is 5.87. The Morgan fingerprint density at radius 2 is 2.14 bits per heavy atom. The lowest BCUT2D eigenvalue weighted by Crippen LogP contribution is -2.35. The molecule has 2 heterocycles. The van der Waals surface area contributed by atoms with Gasteiger partial charge in [-0.1, -0.05) is 13.8 Å². The van der Waals surface area contributed by atoms with Crippen LogP contribution in [0, 0.1) is 19.8 Å². The molecule has 7 nitrogen and oxygen atoms in total. The molecule has 1 atom stereocenters. The van der Waals surface area contributed by atoms with E-state index in [0.717, 1.165) is 17.0 Å². The van der Waals surface area contributed by atoms with Gasteiger partial charge in [-0.3, -0.25) is 14.7 Å². The number of nitrogens with one attached hydrogen (secondary N) is 2. The summed E-state index contributed by atoms with van der Waals surface area (Å²) in [4.78, 5) is 27.8. The van der Waals surface area contributed by atoms with Crippen molar-refractivity contribution in [1.82, 2.24) is 19.9 Å². The summed E-state index contributed by atoms with van der Waals surface area (Å²) in [5.41, 5.74) is 2.59. The van der Waals surface area contributed by atoms with E-state index in [1.165, 1.54) is 6.07 Å². The molecule has 0 bridgehead atoms. The average molecular weight is 306 g/mol. The van der Waals surface area contributed by atoms with Crippen LogP contribution in [-0.4, -0.2) is 38.3 Å². The Kier molecular flexibility index (Phi) is 4.65. The molecule has 3 N–H and O–H groups in total. The first-order chi connectivity index (χ1) is 10.3. The van der Waals surface area contributed by atoms with E-state index in [1.807, 2.05) is 27.7 Å². The molecule has 2 aromatic rings. The normalized spacial score (nSPS) is 12.8. The highest BCUT2D eigenvalue weighted by Crippen LogP contribution is 2.13. The van der Waals surface area contributed by atoms with Gasteiger partial charge >= 0.3 is 0 Å². The lowest BCUT2D eigenvalue weighted by molar-refractivity contribution is -0.121. The van der Waals surface area contributed by atoms with E-state index in [1.54, 1.807) is 4.52 Å². The first kappa shape index (κ1) is 16.2. The van der Waals surface area contributed by atoms with Gasteiger partial charge in [-0.25, -0.2) is 9.50 Å². The predicted octanol–water partition coefficient (Wildman–Crippen LogP) is 0.315. The highest BCUT2D eigenvalue weighted by molar-refractivity contribution is 5.79. The molecule has 1 amide bonds. The van der Waals surface area contributed by atoms with Crippen molar-refractivity contribution in [3.8, 4) is 0 Å². The molecule has 0 aliphatic heterocycles. The summed E-state index contributed by atoms with van der Waals surface area (Å²) in [6.07, 6.45) is -0.404. The molecule has 0 saturated carbocycles. The monoisotopic (exact) mass is 306 g/mol. The number of aryl methyl sites for hydroxylation is 2. The molecule has 0 saturated heterocycles. The number of carbonyl (C=O) groups is 1. The minimum Gasteiger partial charge on any atom is -0.391 e. The molecule has 0 fully saturated rings. The minimum absolute atomic E-state index is 0.0896. The summed E-state index contributed by atoms with van der Waals surface area (Å²) in [7, 11) is 0. The quantitative estimate of drug-likeness (QED) is 0.740. The molecule has 0 radical (unpaired) electrons. The van der Waals surface area contributed by atoms with Crippen LogP contribution in [0.4, 0.5) is 0 Å². The van der Waals surface area contributed by atoms with Crippen molar-refractivity contribution in [2.75, 3.05) is 6.54 Å². The molecule has 0 spiro atoms. The minimum atomic E-state index is -0.562. The standard InChI is InChI=1S/C15H22N4O3/c1-8(2)12(20)7-16-14(21)5-11-9(3)17-13-6-15(22)18-19(13)10(11)4/h6,8,12,20H,5,7H2,1-4H3,(H,16,21)(H,18,22). The smallest absolute Gasteiger partial charge is 0.266 e. The van der Waals surface area contributed by atoms with Gasteiger partial charge in [-0.2, -0.15) is 0 Å². The number of hydrogen-bond acceptors (Lipinski definition) is 4. The van der Waals surface area contributed by atoms with E-state index in [9.17, 15) is 14.7 Å². The maximum absolute atomic E-state index is 12.1. The summed E-state index contributed by atoms with van der Waals surface area (Å²) in [6, 6.07) is 1.42. The maximum Gasteiger partial charge on any atom is 0.266 e. The molecule has 22 heavy (non-hydrogen) atoms. The van der Waals surface area contributed by atoms with Crippen LogP contribution in [-0.2, 0) is 11.2 Å². The van der Waals surface area contributed by atoms with Crippen LogP contribution in [0.1, 0.15) is 30.8 Å². The number of aliphatic hydroxyl groups excluding tert-OH is 1. The molecule has 1 unspecified atom stereocenters. The van der Waals surface area contributed by atoms with Gasteiger partial charge in [0.15, 0.2) is 5.65 Å². The number of nitrogens with zero attached hydrogens (tertiary/aromatic N) is 2. The van der Waals surface area contributed by atoms with Crippen LogP contribution in [0.25, 0.3) is 5.65 Å². The van der Waals surface area contributed by atoms with Crippen molar-refractivity contribution in [3.05, 3.63) is 33.4 Å². The van der Waals surface area contributed by atoms with Gasteiger partial charge < -0.3 is 10.4 Å². The molecule has 0 aliphatic carbocycles. The Morgan fingerprint density at radius 1 is 1.45 bits per heavy atom. The molecular formula is C15H22N4O3. The van der Waals surface area contributed by atoms with E-state index in [2.05, 4.69) is 15.4 Å². The number of amides is 1. The van der Waals surface area contributed by atoms with Gasteiger partial charge in [-0.15, -0.1) is 0 Å². The zero-order chi connectivity index (χ0) is 16.4. The first-order valence-electron chi connectivity index (χ1n) is 7.32. The maximum atomic E-state index is 12.1. The number of hydrogen-bond donors (Lipinski definition) is 3. The van der Waals surface area contributed by atoms with Crippen molar-refractivity contribution in [2.45, 2.75) is 40.2 Å². The largest absolute Gasteiger partial charge is 0.391 e. The Hall–Kier alpha value is -2.15. The summed E-state index contributed by atoms with van der Waals surface area (Å²) in [5, 5.41) is 15.1. The molecule has 0 aromatic carbocycles. The van der Waals surface area contributed by atoms with E-state index in [-0.39, 0.29) is 30.3 Å². The van der Waals surface area contributed by atoms with Crippen molar-refractivity contribution < 1.29 is 9.90 Å². The van der Waals surface area contributed by atoms with Gasteiger partial charge in [-0.05, 0) is 19.8 Å². The highest BCUT2D eigenvalue weighted by atomic mass is 16.3. The van der Waals surface area contributed by atoms with Gasteiger partial charge in [0.2, 0.25) is 5.91 Å². The summed E-state index contributed by atoms with van der Waals surface area (Å²) >= 11 is 0. The van der Waals surface area contributed by atoms with Crippen molar-refractivity contribution >= 4 is 11.6 Å². The van der Waals surface area contributed by atoms with Crippen LogP contribution in [0.15, 0.2) is 10.9 Å². The van der Waals surface area contributed by atoms with E-state index in [0.29, 0.717) is 5.65 Å². The Morgan fingerprint density at radius 3 is 2.77 bits per heavy atom. The number of aliphatic hydroxyl groups is 1. The first-order valence-corrected chi connectivity index (χ1v) is 7.32. The number of carbonyl (C=O) groups excluding carboxylic acids is 1. The van der Waals surface area contributed by atoms with Crippen LogP contribution in [0.2, 0.25) is 0 Å². The number of aromatic amines is 1. The fourth-order valence-corrected chi connectivity index (χ4v) is 2.29. The van der Waals surface area contributed by atoms with Gasteiger partial charge in [0.05, 0.1) is 12.5 Å². The summed E-state index contributed by atoms with van der Waals surface area (Å²) in [5.74, 6) is -0.0895. The molecule has 7 heteroatoms. The Balaban J connectivity index is 2.17. The predicted molar refractivity (Wildman–Crippen MR) is 82.8 cm³/mol. The summed E-state index contributed by atoms with van der Waals surface area (Å²) in [6.45, 7) is 7.67. The number of fused-ring (bicyclic) bond motifs is 1. The molecule has 0 aliphatic rings. The topological polar surface area (TPSA) is 99.5 Å².